The summed E-state index contributed by atoms with van der Waals surface area (Å²) in [6.07, 6.45) is 1.58. The van der Waals surface area contributed by atoms with Crippen LogP contribution in [0, 0.1) is 13.8 Å². The summed E-state index contributed by atoms with van der Waals surface area (Å²) in [5, 5.41) is 13.5. The van der Waals surface area contributed by atoms with Crippen molar-refractivity contribution in [2.24, 2.45) is 5.10 Å². The van der Waals surface area contributed by atoms with E-state index < -0.39 is 0 Å². The van der Waals surface area contributed by atoms with Crippen LogP contribution in [-0.2, 0) is 4.79 Å². The van der Waals surface area contributed by atoms with Crippen LogP contribution in [0.3, 0.4) is 0 Å². The number of amides is 1. The molecule has 1 amide bonds. The Balaban J connectivity index is 1.50. The van der Waals surface area contributed by atoms with Gasteiger partial charge in [0, 0.05) is 11.3 Å². The molecule has 0 saturated heterocycles. The minimum atomic E-state index is -0.237. The smallest absolute Gasteiger partial charge is 0.250 e. The van der Waals surface area contributed by atoms with Crippen LogP contribution in [0.4, 0.5) is 0 Å². The molecule has 0 aliphatic heterocycles. The van der Waals surface area contributed by atoms with Crippen molar-refractivity contribution in [3.05, 3.63) is 89.5 Å². The Morgan fingerprint density at radius 3 is 2.44 bits per heavy atom. The van der Waals surface area contributed by atoms with E-state index in [1.54, 1.807) is 13.3 Å². The number of nitrogens with one attached hydrogen (secondary N) is 1. The van der Waals surface area contributed by atoms with Crippen LogP contribution in [0.25, 0.3) is 17.1 Å². The van der Waals surface area contributed by atoms with Gasteiger partial charge in [0.15, 0.2) is 11.0 Å². The Hall–Kier alpha value is -3.91. The van der Waals surface area contributed by atoms with E-state index in [0.717, 1.165) is 34.0 Å². The monoisotopic (exact) mass is 471 g/mol. The van der Waals surface area contributed by atoms with Gasteiger partial charge in [-0.1, -0.05) is 71.4 Å². The molecule has 4 aromatic rings. The second-order valence-electron chi connectivity index (χ2n) is 7.70. The summed E-state index contributed by atoms with van der Waals surface area (Å²) in [6.45, 7) is 4.09. The number of carbonyl (C=O) groups is 1. The molecule has 0 aliphatic carbocycles. The van der Waals surface area contributed by atoms with E-state index in [4.69, 9.17) is 4.74 Å². The maximum absolute atomic E-state index is 12.4. The second-order valence-corrected chi connectivity index (χ2v) is 8.64. The van der Waals surface area contributed by atoms with E-state index in [-0.39, 0.29) is 11.7 Å². The SMILES string of the molecule is COc1cccc(/C=N/NC(=O)CSc2nnc(-c3ccc(C)cc3)n2-c2ccc(C)cc2)c1. The zero-order valence-corrected chi connectivity index (χ0v) is 20.0. The van der Waals surface area contributed by atoms with Crippen LogP contribution in [0.15, 0.2) is 83.1 Å². The number of rotatable bonds is 8. The normalized spacial score (nSPS) is 11.0. The van der Waals surface area contributed by atoms with Gasteiger partial charge in [0.25, 0.3) is 5.91 Å². The number of hydrogen-bond donors (Lipinski definition) is 1. The summed E-state index contributed by atoms with van der Waals surface area (Å²) in [5.41, 5.74) is 7.62. The first-order valence-corrected chi connectivity index (χ1v) is 11.7. The molecule has 0 spiro atoms. The lowest BCUT2D eigenvalue weighted by molar-refractivity contribution is -0.118. The number of aryl methyl sites for hydroxylation is 2. The van der Waals surface area contributed by atoms with Gasteiger partial charge in [0.1, 0.15) is 5.75 Å². The molecule has 0 unspecified atom stereocenters. The van der Waals surface area contributed by atoms with Crippen LogP contribution in [0.2, 0.25) is 0 Å². The van der Waals surface area contributed by atoms with Gasteiger partial charge < -0.3 is 4.74 Å². The first kappa shape index (κ1) is 23.3. The van der Waals surface area contributed by atoms with Crippen molar-refractivity contribution in [3.8, 4) is 22.8 Å². The van der Waals surface area contributed by atoms with Crippen molar-refractivity contribution in [2.75, 3.05) is 12.9 Å². The quantitative estimate of drug-likeness (QED) is 0.227. The van der Waals surface area contributed by atoms with Gasteiger partial charge in [0.2, 0.25) is 0 Å². The highest BCUT2D eigenvalue weighted by Gasteiger charge is 2.17. The van der Waals surface area contributed by atoms with E-state index in [0.29, 0.717) is 5.16 Å². The molecule has 4 rings (SSSR count). The van der Waals surface area contributed by atoms with Gasteiger partial charge in [-0.3, -0.25) is 9.36 Å². The standard InChI is InChI=1S/C26H25N5O2S/c1-18-7-11-21(12-8-18)25-29-30-26(31(25)22-13-9-19(2)10-14-22)34-17-24(32)28-27-16-20-5-4-6-23(15-20)33-3/h4-16H,17H2,1-3H3,(H,28,32)/b27-16+. The van der Waals surface area contributed by atoms with Gasteiger partial charge in [-0.2, -0.15) is 5.10 Å². The molecule has 172 valence electrons. The Kier molecular flexibility index (Phi) is 7.39. The van der Waals surface area contributed by atoms with Crippen LogP contribution in [0.1, 0.15) is 16.7 Å². The fourth-order valence-corrected chi connectivity index (χ4v) is 3.99. The van der Waals surface area contributed by atoms with Crippen molar-refractivity contribution in [1.82, 2.24) is 20.2 Å². The van der Waals surface area contributed by atoms with E-state index >= 15 is 0 Å². The molecule has 1 N–H and O–H groups in total. The molecule has 0 bridgehead atoms. The third-order valence-electron chi connectivity index (χ3n) is 5.06. The maximum Gasteiger partial charge on any atom is 0.250 e. The number of hydrazone groups is 1. The maximum atomic E-state index is 12.4. The van der Waals surface area contributed by atoms with Crippen molar-refractivity contribution in [1.29, 1.82) is 0 Å². The predicted octanol–water partition coefficient (Wildman–Crippen LogP) is 4.80. The highest BCUT2D eigenvalue weighted by atomic mass is 32.2. The van der Waals surface area contributed by atoms with Gasteiger partial charge in [-0.15, -0.1) is 10.2 Å². The van der Waals surface area contributed by atoms with E-state index in [9.17, 15) is 4.79 Å². The number of aromatic nitrogens is 3. The highest BCUT2D eigenvalue weighted by molar-refractivity contribution is 7.99. The van der Waals surface area contributed by atoms with Gasteiger partial charge >= 0.3 is 0 Å². The fraction of sp³-hybridized carbons (Fsp3) is 0.154. The lowest BCUT2D eigenvalue weighted by Gasteiger charge is -2.11. The lowest BCUT2D eigenvalue weighted by atomic mass is 10.1. The number of nitrogens with zero attached hydrogens (tertiary/aromatic N) is 4. The molecule has 34 heavy (non-hydrogen) atoms. The molecule has 1 heterocycles. The molecular formula is C26H25N5O2S. The third-order valence-corrected chi connectivity index (χ3v) is 5.99. The van der Waals surface area contributed by atoms with E-state index in [2.05, 4.69) is 20.7 Å². The zero-order chi connectivity index (χ0) is 23.9. The molecule has 1 aromatic heterocycles. The van der Waals surface area contributed by atoms with Crippen molar-refractivity contribution < 1.29 is 9.53 Å². The molecule has 0 radical (unpaired) electrons. The summed E-state index contributed by atoms with van der Waals surface area (Å²) < 4.78 is 7.17. The molecule has 8 heteroatoms. The van der Waals surface area contributed by atoms with E-state index in [1.807, 2.05) is 91.2 Å². The Labute approximate surface area is 202 Å². The lowest BCUT2D eigenvalue weighted by Crippen LogP contribution is -2.20. The van der Waals surface area contributed by atoms with Crippen molar-refractivity contribution in [3.63, 3.8) is 0 Å². The number of thioether (sulfide) groups is 1. The molecule has 0 saturated carbocycles. The Morgan fingerprint density at radius 2 is 1.74 bits per heavy atom. The van der Waals surface area contributed by atoms with Crippen LogP contribution < -0.4 is 10.2 Å². The van der Waals surface area contributed by atoms with E-state index in [1.165, 1.54) is 17.3 Å². The van der Waals surface area contributed by atoms with Crippen molar-refractivity contribution in [2.45, 2.75) is 19.0 Å². The second kappa shape index (κ2) is 10.8. The number of ether oxygens (including phenoxy) is 1. The average molecular weight is 472 g/mol. The molecule has 3 aromatic carbocycles. The molecular weight excluding hydrogens is 446 g/mol. The topological polar surface area (TPSA) is 81.4 Å². The summed E-state index contributed by atoms with van der Waals surface area (Å²) in [7, 11) is 1.61. The summed E-state index contributed by atoms with van der Waals surface area (Å²) in [6, 6.07) is 23.7. The molecule has 0 aliphatic rings. The van der Waals surface area contributed by atoms with Gasteiger partial charge in [-0.25, -0.2) is 5.43 Å². The number of carbonyl (C=O) groups excluding carboxylic acids is 1. The number of methoxy groups -OCH3 is 1. The van der Waals surface area contributed by atoms with Crippen LogP contribution in [0.5, 0.6) is 5.75 Å². The minimum absolute atomic E-state index is 0.146. The van der Waals surface area contributed by atoms with Gasteiger partial charge in [0.05, 0.1) is 19.1 Å². The van der Waals surface area contributed by atoms with Crippen LogP contribution >= 0.6 is 11.8 Å². The van der Waals surface area contributed by atoms with Crippen molar-refractivity contribution >= 4 is 23.9 Å². The number of benzene rings is 3. The van der Waals surface area contributed by atoms with Crippen LogP contribution in [-0.4, -0.2) is 39.7 Å². The first-order valence-electron chi connectivity index (χ1n) is 10.7. The number of hydrogen-bond acceptors (Lipinski definition) is 6. The third kappa shape index (κ3) is 5.71. The Bertz CT molecular complexity index is 1300. The summed E-state index contributed by atoms with van der Waals surface area (Å²) in [4.78, 5) is 12.4. The summed E-state index contributed by atoms with van der Waals surface area (Å²) in [5.74, 6) is 1.36. The fourth-order valence-electron chi connectivity index (χ4n) is 3.24. The minimum Gasteiger partial charge on any atom is -0.497 e. The average Bonchev–Trinajstić information content (AvgIpc) is 3.28. The highest BCUT2D eigenvalue weighted by Crippen LogP contribution is 2.28. The molecule has 0 atom stereocenters. The molecule has 7 nitrogen and oxygen atoms in total. The molecule has 0 fully saturated rings. The predicted molar refractivity (Wildman–Crippen MR) is 136 cm³/mol. The van der Waals surface area contributed by atoms with Gasteiger partial charge in [-0.05, 0) is 43.7 Å². The Morgan fingerprint density at radius 1 is 1.03 bits per heavy atom. The summed E-state index contributed by atoms with van der Waals surface area (Å²) >= 11 is 1.31. The first-order chi connectivity index (χ1) is 16.5. The zero-order valence-electron chi connectivity index (χ0n) is 19.2. The largest absolute Gasteiger partial charge is 0.497 e.